The average Bonchev–Trinajstić information content (AvgIpc) is 3.06. The summed E-state index contributed by atoms with van der Waals surface area (Å²) in [7, 11) is 0. The Morgan fingerprint density at radius 1 is 1.41 bits per heavy atom. The molecule has 1 aliphatic heterocycles. The van der Waals surface area contributed by atoms with Gasteiger partial charge in [0, 0.05) is 29.4 Å². The van der Waals surface area contributed by atoms with Gasteiger partial charge in [-0.1, -0.05) is 18.2 Å². The Hall–Kier alpha value is -1.46. The lowest BCUT2D eigenvalue weighted by molar-refractivity contribution is -0.131. The van der Waals surface area contributed by atoms with Crippen molar-refractivity contribution in [2.24, 2.45) is 0 Å². The third-order valence-electron chi connectivity index (χ3n) is 4.24. The molecule has 0 aliphatic carbocycles. The molecule has 3 rings (SSSR count). The van der Waals surface area contributed by atoms with Crippen LogP contribution in [0.4, 0.5) is 0 Å². The van der Waals surface area contributed by atoms with Crippen molar-refractivity contribution in [1.82, 2.24) is 15.2 Å². The fourth-order valence-electron chi connectivity index (χ4n) is 3.01. The summed E-state index contributed by atoms with van der Waals surface area (Å²) >= 11 is 1.85. The van der Waals surface area contributed by atoms with E-state index in [1.165, 1.54) is 16.5 Å². The number of thioether (sulfide) groups is 1. The highest BCUT2D eigenvalue weighted by atomic mass is 32.2. The van der Waals surface area contributed by atoms with Crippen LogP contribution in [0.15, 0.2) is 30.5 Å². The molecule has 1 aliphatic rings. The number of H-pyrrole nitrogens is 1. The molecule has 0 atom stereocenters. The van der Waals surface area contributed by atoms with E-state index in [9.17, 15) is 4.79 Å². The van der Waals surface area contributed by atoms with Crippen LogP contribution in [0, 0.1) is 0 Å². The molecule has 1 amide bonds. The first-order valence-corrected chi connectivity index (χ1v) is 8.76. The maximum Gasteiger partial charge on any atom is 0.237 e. The zero-order valence-electron chi connectivity index (χ0n) is 13.2. The predicted molar refractivity (Wildman–Crippen MR) is 93.1 cm³/mol. The van der Waals surface area contributed by atoms with Crippen molar-refractivity contribution in [1.29, 1.82) is 0 Å². The Morgan fingerprint density at radius 2 is 2.23 bits per heavy atom. The standard InChI is InChI=1S/C17H23N3OS/c1-17(2)20(9-10-22-17)16(21)12-18-8-7-13-11-19-15-6-4-3-5-14(13)15/h3-6,11,18-19H,7-10,12H2,1-2H3. The quantitative estimate of drug-likeness (QED) is 0.834. The fraction of sp³-hybridized carbons (Fsp3) is 0.471. The van der Waals surface area contributed by atoms with Gasteiger partial charge in [-0.05, 0) is 38.4 Å². The molecule has 1 saturated heterocycles. The second-order valence-corrected chi connectivity index (χ2v) is 7.82. The third-order valence-corrected chi connectivity index (χ3v) is 5.56. The van der Waals surface area contributed by atoms with Crippen LogP contribution in [0.2, 0.25) is 0 Å². The second kappa shape index (κ2) is 6.34. The average molecular weight is 317 g/mol. The summed E-state index contributed by atoms with van der Waals surface area (Å²) in [6.07, 6.45) is 2.99. The summed E-state index contributed by atoms with van der Waals surface area (Å²) in [4.78, 5) is 17.5. The highest BCUT2D eigenvalue weighted by Gasteiger charge is 2.35. The molecule has 5 heteroatoms. The lowest BCUT2D eigenvalue weighted by Crippen LogP contribution is -2.45. The van der Waals surface area contributed by atoms with E-state index in [1.807, 2.05) is 22.7 Å². The van der Waals surface area contributed by atoms with Gasteiger partial charge in [0.1, 0.15) is 0 Å². The number of carbonyl (C=O) groups excluding carboxylic acids is 1. The summed E-state index contributed by atoms with van der Waals surface area (Å²) in [6.45, 7) is 6.34. The second-order valence-electron chi connectivity index (χ2n) is 6.13. The highest BCUT2D eigenvalue weighted by molar-refractivity contribution is 8.00. The van der Waals surface area contributed by atoms with Gasteiger partial charge in [0.05, 0.1) is 11.4 Å². The lowest BCUT2D eigenvalue weighted by atomic mass is 10.1. The molecule has 1 aromatic heterocycles. The molecule has 0 saturated carbocycles. The first-order valence-electron chi connectivity index (χ1n) is 7.78. The minimum Gasteiger partial charge on any atom is -0.361 e. The molecule has 0 bridgehead atoms. The van der Waals surface area contributed by atoms with Gasteiger partial charge in [0.2, 0.25) is 5.91 Å². The van der Waals surface area contributed by atoms with Crippen LogP contribution in [0.1, 0.15) is 19.4 Å². The number of nitrogens with zero attached hydrogens (tertiary/aromatic N) is 1. The van der Waals surface area contributed by atoms with Gasteiger partial charge in [-0.15, -0.1) is 11.8 Å². The van der Waals surface area contributed by atoms with Crippen LogP contribution in [0.25, 0.3) is 10.9 Å². The Labute approximate surface area is 135 Å². The molecule has 2 N–H and O–H groups in total. The number of carbonyl (C=O) groups is 1. The molecule has 0 unspecified atom stereocenters. The topological polar surface area (TPSA) is 48.1 Å². The normalized spacial score (nSPS) is 17.3. The van der Waals surface area contributed by atoms with Crippen molar-refractivity contribution in [3.05, 3.63) is 36.0 Å². The van der Waals surface area contributed by atoms with E-state index in [0.29, 0.717) is 6.54 Å². The summed E-state index contributed by atoms with van der Waals surface area (Å²) in [6, 6.07) is 8.32. The van der Waals surface area contributed by atoms with E-state index in [0.717, 1.165) is 25.3 Å². The number of fused-ring (bicyclic) bond motifs is 1. The van der Waals surface area contributed by atoms with E-state index in [4.69, 9.17) is 0 Å². The van der Waals surface area contributed by atoms with Crippen LogP contribution < -0.4 is 5.32 Å². The number of aromatic amines is 1. The maximum absolute atomic E-state index is 12.3. The van der Waals surface area contributed by atoms with Crippen LogP contribution in [0.3, 0.4) is 0 Å². The molecule has 4 nitrogen and oxygen atoms in total. The number of amides is 1. The lowest BCUT2D eigenvalue weighted by Gasteiger charge is -2.30. The van der Waals surface area contributed by atoms with E-state index >= 15 is 0 Å². The van der Waals surface area contributed by atoms with Crippen LogP contribution in [0.5, 0.6) is 0 Å². The zero-order valence-corrected chi connectivity index (χ0v) is 14.0. The van der Waals surface area contributed by atoms with Crippen molar-refractivity contribution >= 4 is 28.6 Å². The number of para-hydroxylation sites is 1. The summed E-state index contributed by atoms with van der Waals surface area (Å²) < 4.78 is 0. The summed E-state index contributed by atoms with van der Waals surface area (Å²) in [5.74, 6) is 1.24. The van der Waals surface area contributed by atoms with Gasteiger partial charge in [-0.2, -0.15) is 0 Å². The number of benzene rings is 1. The molecule has 1 fully saturated rings. The van der Waals surface area contributed by atoms with Gasteiger partial charge in [-0.25, -0.2) is 0 Å². The van der Waals surface area contributed by atoms with Crippen molar-refractivity contribution < 1.29 is 4.79 Å². The SMILES string of the molecule is CC1(C)SCCN1C(=O)CNCCc1c[nH]c2ccccc12. The number of aromatic nitrogens is 1. The van der Waals surface area contributed by atoms with Gasteiger partial charge >= 0.3 is 0 Å². The van der Waals surface area contributed by atoms with Crippen molar-refractivity contribution in [2.75, 3.05) is 25.4 Å². The monoisotopic (exact) mass is 317 g/mol. The Morgan fingerprint density at radius 3 is 3.00 bits per heavy atom. The molecule has 22 heavy (non-hydrogen) atoms. The van der Waals surface area contributed by atoms with Crippen LogP contribution in [-0.2, 0) is 11.2 Å². The van der Waals surface area contributed by atoms with Gasteiger partial charge in [0.15, 0.2) is 0 Å². The minimum absolute atomic E-state index is 0.0599. The van der Waals surface area contributed by atoms with Crippen molar-refractivity contribution in [2.45, 2.75) is 25.1 Å². The zero-order chi connectivity index (χ0) is 15.6. The Bertz CT molecular complexity index is 665. The molecular formula is C17H23N3OS. The number of nitrogens with one attached hydrogen (secondary N) is 2. The first kappa shape index (κ1) is 15.4. The van der Waals surface area contributed by atoms with Crippen LogP contribution in [-0.4, -0.2) is 46.0 Å². The largest absolute Gasteiger partial charge is 0.361 e. The number of rotatable bonds is 5. The summed E-state index contributed by atoms with van der Waals surface area (Å²) in [5, 5.41) is 4.56. The molecule has 1 aromatic carbocycles. The molecular weight excluding hydrogens is 294 g/mol. The smallest absolute Gasteiger partial charge is 0.237 e. The molecule has 2 aromatic rings. The third kappa shape index (κ3) is 3.15. The van der Waals surface area contributed by atoms with Crippen LogP contribution >= 0.6 is 11.8 Å². The molecule has 0 radical (unpaired) electrons. The summed E-state index contributed by atoms with van der Waals surface area (Å²) in [5.41, 5.74) is 2.47. The molecule has 118 valence electrons. The predicted octanol–water partition coefficient (Wildman–Crippen LogP) is 2.61. The highest BCUT2D eigenvalue weighted by Crippen LogP contribution is 2.34. The fourth-order valence-corrected chi connectivity index (χ4v) is 4.13. The van der Waals surface area contributed by atoms with Gasteiger partial charge in [0.25, 0.3) is 0 Å². The Balaban J connectivity index is 1.49. The van der Waals surface area contributed by atoms with E-state index in [-0.39, 0.29) is 10.8 Å². The molecule has 2 heterocycles. The Kier molecular flexibility index (Phi) is 4.45. The van der Waals surface area contributed by atoms with E-state index in [2.05, 4.69) is 48.5 Å². The van der Waals surface area contributed by atoms with Crippen molar-refractivity contribution in [3.63, 3.8) is 0 Å². The number of hydrogen-bond donors (Lipinski definition) is 2. The van der Waals surface area contributed by atoms with Gasteiger partial charge < -0.3 is 15.2 Å². The van der Waals surface area contributed by atoms with Gasteiger partial charge in [-0.3, -0.25) is 4.79 Å². The van der Waals surface area contributed by atoms with E-state index in [1.54, 1.807) is 0 Å². The van der Waals surface area contributed by atoms with Crippen molar-refractivity contribution in [3.8, 4) is 0 Å². The first-order chi connectivity index (χ1) is 10.6. The maximum atomic E-state index is 12.3. The molecule has 0 spiro atoms. The van der Waals surface area contributed by atoms with E-state index < -0.39 is 0 Å². The minimum atomic E-state index is -0.0599. The number of hydrogen-bond acceptors (Lipinski definition) is 3.